The van der Waals surface area contributed by atoms with Gasteiger partial charge in [0.25, 0.3) is 0 Å². The molecule has 3 aliphatic rings. The number of benzene rings is 1. The van der Waals surface area contributed by atoms with Crippen LogP contribution in [0.15, 0.2) is 23.5 Å². The monoisotopic (exact) mass is 501 g/mol. The van der Waals surface area contributed by atoms with E-state index in [-0.39, 0.29) is 17.1 Å². The number of anilines is 1. The number of amides is 1. The van der Waals surface area contributed by atoms with Gasteiger partial charge in [0.1, 0.15) is 12.9 Å². The Hall–Kier alpha value is -2.12. The second-order valence-electron chi connectivity index (χ2n) is 10.3. The normalized spacial score (nSPS) is 31.0. The molecule has 2 aromatic rings. The van der Waals surface area contributed by atoms with Crippen molar-refractivity contribution in [2.24, 2.45) is 28.3 Å². The van der Waals surface area contributed by atoms with E-state index in [1.807, 2.05) is 6.92 Å². The fourth-order valence-electron chi connectivity index (χ4n) is 7.12. The van der Waals surface area contributed by atoms with Crippen LogP contribution in [0.2, 0.25) is 5.02 Å². The molecular weight excluding hydrogens is 470 g/mol. The van der Waals surface area contributed by atoms with Gasteiger partial charge in [-0.1, -0.05) is 29.7 Å². The first-order valence-electron chi connectivity index (χ1n) is 12.1. The van der Waals surface area contributed by atoms with Gasteiger partial charge in [-0.25, -0.2) is 4.98 Å². The van der Waals surface area contributed by atoms with Crippen molar-refractivity contribution in [1.82, 2.24) is 4.98 Å². The molecule has 1 amide bonds. The van der Waals surface area contributed by atoms with Gasteiger partial charge in [0.15, 0.2) is 5.13 Å². The molecule has 5 atom stereocenters. The van der Waals surface area contributed by atoms with Crippen molar-refractivity contribution >= 4 is 39.7 Å². The number of halogens is 1. The van der Waals surface area contributed by atoms with Crippen molar-refractivity contribution in [2.45, 2.75) is 64.7 Å². The number of aromatic hydroxyl groups is 1. The van der Waals surface area contributed by atoms with E-state index in [9.17, 15) is 9.90 Å². The van der Waals surface area contributed by atoms with E-state index in [1.165, 1.54) is 16.9 Å². The average Bonchev–Trinajstić information content (AvgIpc) is 3.34. The number of phenolic OH excluding ortho intramolecular Hbond substituents is 1. The Labute approximate surface area is 209 Å². The van der Waals surface area contributed by atoms with Crippen LogP contribution in [0.1, 0.15) is 67.4 Å². The molecule has 1 heterocycles. The number of rotatable bonds is 5. The largest absolute Gasteiger partial charge is 0.506 e. The van der Waals surface area contributed by atoms with Gasteiger partial charge in [-0.05, 0) is 86.3 Å². The first-order chi connectivity index (χ1) is 16.3. The third-order valence-electron chi connectivity index (χ3n) is 8.51. The average molecular weight is 502 g/mol. The van der Waals surface area contributed by atoms with Gasteiger partial charge in [0, 0.05) is 22.9 Å². The molecule has 1 aromatic heterocycles. The minimum absolute atomic E-state index is 0.0110. The SMILES string of the molecule is CON=C1CC(CCC(=O)Nc2ncc(C)s2)C2C3CCc4c(ccc(O)c4Cl)C3CCC12C. The van der Waals surface area contributed by atoms with E-state index in [1.54, 1.807) is 19.4 Å². The fourth-order valence-corrected chi connectivity index (χ4v) is 8.07. The molecule has 34 heavy (non-hydrogen) atoms. The van der Waals surface area contributed by atoms with E-state index in [4.69, 9.17) is 16.4 Å². The smallest absolute Gasteiger partial charge is 0.226 e. The molecule has 0 bridgehead atoms. The molecule has 3 aliphatic carbocycles. The van der Waals surface area contributed by atoms with E-state index in [2.05, 4.69) is 28.4 Å². The standard InChI is InChI=1S/C26H32ClN3O3S/c1-14-13-28-25(34-14)29-22(32)9-4-15-12-21(30-33-3)26(2)11-10-17-16-7-8-20(31)24(27)19(16)6-5-18(17)23(15)26/h7-8,13,15,17-18,23,31H,4-6,9-12H2,1-3H3,(H,28,29,32). The van der Waals surface area contributed by atoms with Crippen LogP contribution in [-0.2, 0) is 16.1 Å². The maximum absolute atomic E-state index is 12.7. The molecule has 0 radical (unpaired) electrons. The second kappa shape index (κ2) is 9.15. The quantitative estimate of drug-likeness (QED) is 0.470. The molecule has 2 N–H and O–H groups in total. The van der Waals surface area contributed by atoms with Crippen molar-refractivity contribution in [3.63, 3.8) is 0 Å². The van der Waals surface area contributed by atoms with Crippen molar-refractivity contribution in [3.05, 3.63) is 39.4 Å². The van der Waals surface area contributed by atoms with Gasteiger partial charge >= 0.3 is 0 Å². The summed E-state index contributed by atoms with van der Waals surface area (Å²) < 4.78 is 0. The number of aryl methyl sites for hydroxylation is 1. The third kappa shape index (κ3) is 4.01. The lowest BCUT2D eigenvalue weighted by molar-refractivity contribution is -0.116. The Morgan fingerprint density at radius 1 is 1.41 bits per heavy atom. The first-order valence-corrected chi connectivity index (χ1v) is 13.3. The highest BCUT2D eigenvalue weighted by Crippen LogP contribution is 2.63. The lowest BCUT2D eigenvalue weighted by Crippen LogP contribution is -2.44. The Bertz CT molecular complexity index is 1130. The van der Waals surface area contributed by atoms with Crippen molar-refractivity contribution in [3.8, 4) is 5.75 Å². The van der Waals surface area contributed by atoms with Gasteiger partial charge in [-0.2, -0.15) is 0 Å². The molecule has 182 valence electrons. The van der Waals surface area contributed by atoms with Crippen LogP contribution in [0.3, 0.4) is 0 Å². The van der Waals surface area contributed by atoms with Gasteiger partial charge in [0.2, 0.25) is 5.91 Å². The molecule has 5 unspecified atom stereocenters. The summed E-state index contributed by atoms with van der Waals surface area (Å²) >= 11 is 7.99. The number of carbonyl (C=O) groups excluding carboxylic acids is 1. The summed E-state index contributed by atoms with van der Waals surface area (Å²) in [5.74, 6) is 1.95. The highest BCUT2D eigenvalue weighted by atomic mass is 35.5. The number of fused-ring (bicyclic) bond motifs is 5. The van der Waals surface area contributed by atoms with Gasteiger partial charge in [-0.3, -0.25) is 4.79 Å². The summed E-state index contributed by atoms with van der Waals surface area (Å²) in [5.41, 5.74) is 3.55. The highest BCUT2D eigenvalue weighted by molar-refractivity contribution is 7.15. The zero-order valence-electron chi connectivity index (χ0n) is 19.9. The van der Waals surface area contributed by atoms with E-state index >= 15 is 0 Å². The van der Waals surface area contributed by atoms with Crippen LogP contribution in [0.5, 0.6) is 5.75 Å². The Balaban J connectivity index is 1.39. The van der Waals surface area contributed by atoms with Crippen molar-refractivity contribution in [1.29, 1.82) is 0 Å². The predicted octanol–water partition coefficient (Wildman–Crippen LogP) is 6.31. The number of hydrogen-bond acceptors (Lipinski definition) is 6. The van der Waals surface area contributed by atoms with E-state index in [0.29, 0.717) is 40.2 Å². The van der Waals surface area contributed by atoms with Gasteiger partial charge in [-0.15, -0.1) is 11.3 Å². The Kier molecular flexibility index (Phi) is 6.36. The van der Waals surface area contributed by atoms with Crippen LogP contribution in [0.4, 0.5) is 5.13 Å². The molecule has 2 saturated carbocycles. The number of oxime groups is 1. The van der Waals surface area contributed by atoms with Crippen LogP contribution >= 0.6 is 22.9 Å². The fraction of sp³-hybridized carbons (Fsp3) is 0.577. The van der Waals surface area contributed by atoms with Crippen molar-refractivity contribution < 1.29 is 14.7 Å². The number of thiazole rings is 1. The molecule has 5 rings (SSSR count). The molecule has 1 aromatic carbocycles. The number of phenols is 1. The summed E-state index contributed by atoms with van der Waals surface area (Å²) in [6, 6.07) is 3.82. The molecule has 6 nitrogen and oxygen atoms in total. The molecule has 0 spiro atoms. The highest BCUT2D eigenvalue weighted by Gasteiger charge is 2.57. The Morgan fingerprint density at radius 3 is 2.97 bits per heavy atom. The summed E-state index contributed by atoms with van der Waals surface area (Å²) in [4.78, 5) is 23.3. The Morgan fingerprint density at radius 2 is 2.24 bits per heavy atom. The molecule has 0 saturated heterocycles. The summed E-state index contributed by atoms with van der Waals surface area (Å²) in [6.45, 7) is 4.34. The number of aromatic nitrogens is 1. The summed E-state index contributed by atoms with van der Waals surface area (Å²) in [7, 11) is 1.62. The van der Waals surface area contributed by atoms with E-state index < -0.39 is 0 Å². The molecule has 8 heteroatoms. The lowest BCUT2D eigenvalue weighted by atomic mass is 9.54. The molecule has 0 aliphatic heterocycles. The van der Waals surface area contributed by atoms with Crippen LogP contribution in [0, 0.1) is 30.1 Å². The maximum Gasteiger partial charge on any atom is 0.226 e. The van der Waals surface area contributed by atoms with Crippen LogP contribution in [-0.4, -0.2) is 28.8 Å². The minimum Gasteiger partial charge on any atom is -0.506 e. The van der Waals surface area contributed by atoms with Crippen LogP contribution in [0.25, 0.3) is 0 Å². The summed E-state index contributed by atoms with van der Waals surface area (Å²) in [5, 5.41) is 18.8. The zero-order chi connectivity index (χ0) is 24.0. The predicted molar refractivity (Wildman–Crippen MR) is 136 cm³/mol. The van der Waals surface area contributed by atoms with Gasteiger partial charge in [0.05, 0.1) is 10.7 Å². The second-order valence-corrected chi connectivity index (χ2v) is 11.9. The first kappa shape index (κ1) is 23.6. The van der Waals surface area contributed by atoms with Gasteiger partial charge < -0.3 is 15.3 Å². The summed E-state index contributed by atoms with van der Waals surface area (Å²) in [6.07, 6.45) is 8.00. The minimum atomic E-state index is -0.0110. The molecular formula is C26H32ClN3O3S. The topological polar surface area (TPSA) is 83.8 Å². The number of nitrogens with zero attached hydrogens (tertiary/aromatic N) is 2. The zero-order valence-corrected chi connectivity index (χ0v) is 21.5. The molecule has 2 fully saturated rings. The lowest BCUT2D eigenvalue weighted by Gasteiger charge is -2.50. The number of carbonyl (C=O) groups is 1. The van der Waals surface area contributed by atoms with E-state index in [0.717, 1.165) is 54.7 Å². The van der Waals surface area contributed by atoms with Crippen molar-refractivity contribution in [2.75, 3.05) is 12.4 Å². The van der Waals surface area contributed by atoms with Crippen LogP contribution < -0.4 is 5.32 Å². The number of hydrogen-bond donors (Lipinski definition) is 2. The maximum atomic E-state index is 12.7. The third-order valence-corrected chi connectivity index (χ3v) is 9.76. The number of nitrogens with one attached hydrogen (secondary N) is 1.